The molecule has 2 N–H and O–H groups in total. The molecule has 4 aromatic heterocycles. The van der Waals surface area contributed by atoms with Crippen molar-refractivity contribution in [1.29, 1.82) is 5.26 Å². The Balaban J connectivity index is 1.25. The fourth-order valence-corrected chi connectivity index (χ4v) is 5.20. The van der Waals surface area contributed by atoms with Crippen molar-refractivity contribution in [3.63, 3.8) is 0 Å². The van der Waals surface area contributed by atoms with Crippen LogP contribution in [0.2, 0.25) is 0 Å². The fourth-order valence-electron chi connectivity index (χ4n) is 5.20. The summed E-state index contributed by atoms with van der Waals surface area (Å²) in [5.74, 6) is 2.07. The van der Waals surface area contributed by atoms with Gasteiger partial charge in [0.2, 0.25) is 0 Å². The smallest absolute Gasteiger partial charge is 0.164 e. The Kier molecular flexibility index (Phi) is 6.34. The Labute approximate surface area is 226 Å². The number of nitrogens with two attached hydrogens (primary N) is 1. The maximum Gasteiger partial charge on any atom is 0.164 e. The maximum absolute atomic E-state index is 9.79. The first-order valence-corrected chi connectivity index (χ1v) is 12.8. The van der Waals surface area contributed by atoms with Gasteiger partial charge in [0, 0.05) is 86.2 Å². The summed E-state index contributed by atoms with van der Waals surface area (Å²) in [6.45, 7) is 4.52. The molecule has 1 saturated heterocycles. The lowest BCUT2D eigenvalue weighted by Crippen LogP contribution is -2.46. The standard InChI is InChI=1S/C29H29N9O/c1-35-17-23(16-33-35)22-13-24(28-25(14-30)29(31)34-38(28)19-22)20-7-8-27(32-15-20)37-11-9-36(10-12-37)18-21-5-3-4-6-26(21)39-2/h3-8,13,15-17,19H,9-12,18H2,1-2H3,(H2,31,34). The summed E-state index contributed by atoms with van der Waals surface area (Å²) in [7, 11) is 3.60. The van der Waals surface area contributed by atoms with E-state index < -0.39 is 0 Å². The number of methoxy groups -OCH3 is 1. The minimum atomic E-state index is 0.206. The third-order valence-electron chi connectivity index (χ3n) is 7.25. The molecule has 10 nitrogen and oxygen atoms in total. The third-order valence-corrected chi connectivity index (χ3v) is 7.25. The zero-order valence-electron chi connectivity index (χ0n) is 21.9. The molecular formula is C29H29N9O. The van der Waals surface area contributed by atoms with Gasteiger partial charge < -0.3 is 15.4 Å². The van der Waals surface area contributed by atoms with Crippen molar-refractivity contribution >= 4 is 17.2 Å². The molecule has 196 valence electrons. The van der Waals surface area contributed by atoms with E-state index in [0.717, 1.165) is 66.5 Å². The van der Waals surface area contributed by atoms with E-state index in [2.05, 4.69) is 44.3 Å². The number of benzene rings is 1. The number of anilines is 2. The molecule has 0 amide bonds. The fraction of sp³-hybridized carbons (Fsp3) is 0.241. The van der Waals surface area contributed by atoms with Crippen molar-refractivity contribution < 1.29 is 4.74 Å². The first-order valence-electron chi connectivity index (χ1n) is 12.8. The van der Waals surface area contributed by atoms with Crippen LogP contribution in [0.25, 0.3) is 27.8 Å². The van der Waals surface area contributed by atoms with E-state index in [9.17, 15) is 5.26 Å². The molecular weight excluding hydrogens is 490 g/mol. The summed E-state index contributed by atoms with van der Waals surface area (Å²) >= 11 is 0. The summed E-state index contributed by atoms with van der Waals surface area (Å²) in [6, 6.07) is 16.5. The molecule has 0 unspecified atom stereocenters. The summed E-state index contributed by atoms with van der Waals surface area (Å²) in [5, 5.41) is 18.5. The number of fused-ring (bicyclic) bond motifs is 1. The lowest BCUT2D eigenvalue weighted by atomic mass is 10.0. The lowest BCUT2D eigenvalue weighted by Gasteiger charge is -2.35. The van der Waals surface area contributed by atoms with Crippen LogP contribution in [0.4, 0.5) is 11.6 Å². The van der Waals surface area contributed by atoms with Crippen LogP contribution in [0, 0.1) is 11.3 Å². The molecule has 1 aliphatic heterocycles. The molecule has 1 aromatic carbocycles. The van der Waals surface area contributed by atoms with E-state index in [1.165, 1.54) is 5.56 Å². The van der Waals surface area contributed by atoms with Gasteiger partial charge >= 0.3 is 0 Å². The van der Waals surface area contributed by atoms with E-state index in [0.29, 0.717) is 11.1 Å². The number of aryl methyl sites for hydroxylation is 1. The molecule has 1 fully saturated rings. The Hall–Kier alpha value is -4.88. The molecule has 0 spiro atoms. The van der Waals surface area contributed by atoms with Crippen LogP contribution >= 0.6 is 0 Å². The van der Waals surface area contributed by atoms with Crippen LogP contribution in [-0.2, 0) is 13.6 Å². The van der Waals surface area contributed by atoms with Crippen LogP contribution < -0.4 is 15.4 Å². The summed E-state index contributed by atoms with van der Waals surface area (Å²) in [4.78, 5) is 9.57. The van der Waals surface area contributed by atoms with Gasteiger partial charge in [0.1, 0.15) is 23.2 Å². The molecule has 10 heteroatoms. The number of nitriles is 1. The van der Waals surface area contributed by atoms with Crippen molar-refractivity contribution in [3.8, 4) is 34.1 Å². The number of pyridine rings is 2. The minimum absolute atomic E-state index is 0.206. The van der Waals surface area contributed by atoms with Crippen LogP contribution in [0.5, 0.6) is 5.75 Å². The van der Waals surface area contributed by atoms with Crippen LogP contribution in [0.1, 0.15) is 11.1 Å². The predicted molar refractivity (Wildman–Crippen MR) is 150 cm³/mol. The van der Waals surface area contributed by atoms with Gasteiger partial charge in [-0.05, 0) is 24.3 Å². The van der Waals surface area contributed by atoms with Crippen LogP contribution in [-0.4, -0.2) is 62.6 Å². The zero-order chi connectivity index (χ0) is 26.9. The second kappa shape index (κ2) is 10.1. The average molecular weight is 520 g/mol. The highest BCUT2D eigenvalue weighted by molar-refractivity contribution is 5.90. The van der Waals surface area contributed by atoms with Gasteiger partial charge in [0.25, 0.3) is 0 Å². The minimum Gasteiger partial charge on any atom is -0.496 e. The van der Waals surface area contributed by atoms with E-state index in [-0.39, 0.29) is 5.82 Å². The van der Waals surface area contributed by atoms with Gasteiger partial charge in [-0.15, -0.1) is 5.10 Å². The number of para-hydroxylation sites is 1. The summed E-state index contributed by atoms with van der Waals surface area (Å²) < 4.78 is 8.95. The number of hydrogen-bond acceptors (Lipinski definition) is 8. The monoisotopic (exact) mass is 519 g/mol. The highest BCUT2D eigenvalue weighted by Crippen LogP contribution is 2.34. The Morgan fingerprint density at radius 1 is 1.00 bits per heavy atom. The number of nitrogen functional groups attached to an aromatic ring is 1. The topological polar surface area (TPSA) is 114 Å². The molecule has 0 atom stereocenters. The number of piperazine rings is 1. The van der Waals surface area contributed by atoms with E-state index in [1.807, 2.05) is 49.9 Å². The van der Waals surface area contributed by atoms with Gasteiger partial charge in [0.05, 0.1) is 18.8 Å². The molecule has 6 rings (SSSR count). The van der Waals surface area contributed by atoms with Crippen molar-refractivity contribution in [3.05, 3.63) is 78.4 Å². The highest BCUT2D eigenvalue weighted by atomic mass is 16.5. The Bertz CT molecular complexity index is 1670. The Morgan fingerprint density at radius 3 is 2.51 bits per heavy atom. The maximum atomic E-state index is 9.79. The molecule has 1 aliphatic rings. The normalized spacial score (nSPS) is 14.0. The van der Waals surface area contributed by atoms with Crippen LogP contribution in [0.15, 0.2) is 67.3 Å². The molecule has 0 aliphatic carbocycles. The van der Waals surface area contributed by atoms with Gasteiger partial charge in [-0.1, -0.05) is 18.2 Å². The zero-order valence-corrected chi connectivity index (χ0v) is 21.9. The molecule has 39 heavy (non-hydrogen) atoms. The van der Waals surface area contributed by atoms with Crippen molar-refractivity contribution in [2.75, 3.05) is 43.9 Å². The van der Waals surface area contributed by atoms with Gasteiger partial charge in [0.15, 0.2) is 5.82 Å². The van der Waals surface area contributed by atoms with Crippen molar-refractivity contribution in [2.45, 2.75) is 6.54 Å². The molecule has 0 radical (unpaired) electrons. The first-order chi connectivity index (χ1) is 19.0. The molecule has 5 heterocycles. The predicted octanol–water partition coefficient (Wildman–Crippen LogP) is 3.58. The number of hydrogen-bond donors (Lipinski definition) is 1. The van der Waals surface area contributed by atoms with E-state index >= 15 is 0 Å². The lowest BCUT2D eigenvalue weighted by molar-refractivity contribution is 0.245. The number of ether oxygens (including phenoxy) is 1. The second-order valence-corrected chi connectivity index (χ2v) is 9.69. The van der Waals surface area contributed by atoms with Gasteiger partial charge in [-0.3, -0.25) is 9.58 Å². The number of aromatic nitrogens is 5. The largest absolute Gasteiger partial charge is 0.496 e. The highest BCUT2D eigenvalue weighted by Gasteiger charge is 2.21. The second-order valence-electron chi connectivity index (χ2n) is 9.69. The SMILES string of the molecule is COc1ccccc1CN1CCN(c2ccc(-c3cc(-c4cnn(C)c4)cn4nc(N)c(C#N)c34)cn2)CC1. The summed E-state index contributed by atoms with van der Waals surface area (Å²) in [6.07, 6.45) is 7.48. The molecule has 5 aromatic rings. The number of nitrogens with zero attached hydrogens (tertiary/aromatic N) is 8. The van der Waals surface area contributed by atoms with Crippen molar-refractivity contribution in [2.24, 2.45) is 7.05 Å². The summed E-state index contributed by atoms with van der Waals surface area (Å²) in [5.41, 5.74) is 11.9. The van der Waals surface area contributed by atoms with E-state index in [1.54, 1.807) is 22.5 Å². The van der Waals surface area contributed by atoms with Crippen LogP contribution in [0.3, 0.4) is 0 Å². The first kappa shape index (κ1) is 24.5. The average Bonchev–Trinajstić information content (AvgIpc) is 3.55. The quantitative estimate of drug-likeness (QED) is 0.362. The Morgan fingerprint density at radius 2 is 1.82 bits per heavy atom. The van der Waals surface area contributed by atoms with E-state index in [4.69, 9.17) is 15.5 Å². The molecule has 0 saturated carbocycles. The molecule has 0 bridgehead atoms. The van der Waals surface area contributed by atoms with Crippen molar-refractivity contribution in [1.82, 2.24) is 29.3 Å². The third kappa shape index (κ3) is 4.64. The van der Waals surface area contributed by atoms with Gasteiger partial charge in [-0.25, -0.2) is 9.50 Å². The van der Waals surface area contributed by atoms with Gasteiger partial charge in [-0.2, -0.15) is 10.4 Å². The number of rotatable bonds is 6.